The normalized spacial score (nSPS) is 14.8. The zero-order chi connectivity index (χ0) is 28.4. The Morgan fingerprint density at radius 1 is 1.02 bits per heavy atom. The van der Waals surface area contributed by atoms with Crippen LogP contribution in [0.4, 0.5) is 5.69 Å². The number of hydrogen-bond donors (Lipinski definition) is 2. The lowest BCUT2D eigenvalue weighted by molar-refractivity contribution is -0.105. The van der Waals surface area contributed by atoms with Crippen LogP contribution in [0.15, 0.2) is 94.8 Å². The van der Waals surface area contributed by atoms with Gasteiger partial charge in [-0.3, -0.25) is 4.84 Å². The van der Waals surface area contributed by atoms with E-state index in [1.807, 2.05) is 78.8 Å². The molecule has 0 radical (unpaired) electrons. The van der Waals surface area contributed by atoms with Crippen LogP contribution in [0.1, 0.15) is 18.4 Å². The van der Waals surface area contributed by atoms with Crippen molar-refractivity contribution < 1.29 is 22.7 Å². The summed E-state index contributed by atoms with van der Waals surface area (Å²) in [4.78, 5) is 12.0. The molecule has 4 rings (SSSR count). The third-order valence-corrected chi connectivity index (χ3v) is 7.20. The topological polar surface area (TPSA) is 105 Å². The molecule has 10 nitrogen and oxygen atoms in total. The molecule has 0 bridgehead atoms. The van der Waals surface area contributed by atoms with E-state index in [9.17, 15) is 8.42 Å². The van der Waals surface area contributed by atoms with Gasteiger partial charge >= 0.3 is 0 Å². The van der Waals surface area contributed by atoms with Crippen LogP contribution in [0, 0.1) is 0 Å². The average molecular weight is 568 g/mol. The van der Waals surface area contributed by atoms with Crippen molar-refractivity contribution in [1.82, 2.24) is 15.3 Å². The number of aliphatic imine (C=N–C) groups is 1. The highest BCUT2D eigenvalue weighted by Crippen LogP contribution is 2.29. The fourth-order valence-electron chi connectivity index (χ4n) is 4.02. The van der Waals surface area contributed by atoms with Crippen molar-refractivity contribution in [2.75, 3.05) is 51.2 Å². The average Bonchev–Trinajstić information content (AvgIpc) is 2.95. The van der Waals surface area contributed by atoms with Gasteiger partial charge in [-0.05, 0) is 56.3 Å². The van der Waals surface area contributed by atoms with Gasteiger partial charge in [0.1, 0.15) is 28.0 Å². The number of unbranched alkanes of at least 4 members (excludes halogenated alkanes) is 1. The lowest BCUT2D eigenvalue weighted by atomic mass is 10.1. The molecule has 2 aromatic rings. The van der Waals surface area contributed by atoms with E-state index in [-0.39, 0.29) is 5.75 Å². The van der Waals surface area contributed by atoms with E-state index in [2.05, 4.69) is 15.6 Å². The maximum Gasteiger partial charge on any atom is 0.218 e. The monoisotopic (exact) mass is 567 g/mol. The van der Waals surface area contributed by atoms with Crippen LogP contribution in [0.5, 0.6) is 5.75 Å². The van der Waals surface area contributed by atoms with E-state index in [1.165, 1.54) is 6.26 Å². The molecule has 0 aromatic heterocycles. The Morgan fingerprint density at radius 2 is 1.80 bits per heavy atom. The molecular formula is C29H37N5O5S. The summed E-state index contributed by atoms with van der Waals surface area (Å²) in [7, 11) is 0.553. The second-order valence-corrected chi connectivity index (χ2v) is 11.9. The van der Waals surface area contributed by atoms with Crippen LogP contribution in [0.2, 0.25) is 0 Å². The Balaban J connectivity index is 1.33. The maximum absolute atomic E-state index is 11.4. The summed E-state index contributed by atoms with van der Waals surface area (Å²) in [5.74, 6) is 2.17. The van der Waals surface area contributed by atoms with Gasteiger partial charge in [0.05, 0.1) is 37.7 Å². The Bertz CT molecular complexity index is 1350. The molecule has 0 unspecified atom stereocenters. The quantitative estimate of drug-likeness (QED) is 0.311. The van der Waals surface area contributed by atoms with Crippen LogP contribution in [-0.4, -0.2) is 70.6 Å². The molecule has 0 aliphatic carbocycles. The van der Waals surface area contributed by atoms with Gasteiger partial charge in [0.25, 0.3) is 0 Å². The molecule has 2 heterocycles. The van der Waals surface area contributed by atoms with Gasteiger partial charge in [0, 0.05) is 30.1 Å². The predicted molar refractivity (Wildman–Crippen MR) is 157 cm³/mol. The highest BCUT2D eigenvalue weighted by molar-refractivity contribution is 7.90. The Hall–Kier alpha value is -3.80. The molecule has 2 aliphatic heterocycles. The van der Waals surface area contributed by atoms with Crippen molar-refractivity contribution in [2.45, 2.75) is 19.4 Å². The number of sulfone groups is 1. The van der Waals surface area contributed by atoms with Crippen molar-refractivity contribution in [2.24, 2.45) is 4.99 Å². The van der Waals surface area contributed by atoms with Crippen molar-refractivity contribution in [1.29, 1.82) is 0 Å². The van der Waals surface area contributed by atoms with Gasteiger partial charge in [-0.25, -0.2) is 13.4 Å². The number of nitrogens with zero attached hydrogens (tertiary/aromatic N) is 3. The molecule has 0 saturated heterocycles. The SMILES string of the molecule is CON1C=C2NC=NC(Nc3ccc(OCc4ccccc4)cc3)=C2C=C1OCCCCN(C)CCS(C)(=O)=O. The van der Waals surface area contributed by atoms with Gasteiger partial charge in [-0.2, -0.15) is 5.06 Å². The molecule has 0 spiro atoms. The molecule has 0 fully saturated rings. The number of anilines is 1. The number of fused-ring (bicyclic) bond motifs is 1. The predicted octanol–water partition coefficient (Wildman–Crippen LogP) is 3.85. The Labute approximate surface area is 236 Å². The van der Waals surface area contributed by atoms with Gasteiger partial charge in [-0.1, -0.05) is 30.3 Å². The molecule has 0 amide bonds. The van der Waals surface area contributed by atoms with Gasteiger partial charge in [0.2, 0.25) is 5.88 Å². The first-order valence-corrected chi connectivity index (χ1v) is 15.2. The summed E-state index contributed by atoms with van der Waals surface area (Å²) in [5.41, 5.74) is 3.65. The number of rotatable bonds is 15. The van der Waals surface area contributed by atoms with Gasteiger partial charge in [0.15, 0.2) is 0 Å². The molecule has 40 heavy (non-hydrogen) atoms. The van der Waals surface area contributed by atoms with E-state index in [0.29, 0.717) is 31.5 Å². The van der Waals surface area contributed by atoms with Crippen LogP contribution in [0.3, 0.4) is 0 Å². The zero-order valence-corrected chi connectivity index (χ0v) is 24.0. The summed E-state index contributed by atoms with van der Waals surface area (Å²) >= 11 is 0. The third-order valence-electron chi connectivity index (χ3n) is 6.28. The Kier molecular flexibility index (Phi) is 10.2. The van der Waals surface area contributed by atoms with E-state index in [1.54, 1.807) is 18.5 Å². The molecule has 0 atom stereocenters. The number of benzene rings is 2. The molecule has 2 aliphatic rings. The fourth-order valence-corrected chi connectivity index (χ4v) is 4.66. The summed E-state index contributed by atoms with van der Waals surface area (Å²) < 4.78 is 34.7. The van der Waals surface area contributed by atoms with Crippen molar-refractivity contribution in [3.8, 4) is 5.75 Å². The number of ether oxygens (including phenoxy) is 2. The first kappa shape index (κ1) is 29.2. The van der Waals surface area contributed by atoms with E-state index < -0.39 is 9.84 Å². The molecule has 2 aromatic carbocycles. The standard InChI is InChI=1S/C29H37N5O5S/c1-33(16-18-40(3,35)36)15-7-8-17-38-28-19-26-27(20-34(28)37-2)30-22-31-29(26)32-24-11-13-25(14-12-24)39-21-23-9-5-4-6-10-23/h4-6,9-14,19-20,22,32H,7-8,15-18,21H2,1-3H3,(H,30,31). The first-order chi connectivity index (χ1) is 19.3. The minimum atomic E-state index is -2.96. The van der Waals surface area contributed by atoms with Crippen molar-refractivity contribution >= 4 is 21.9 Å². The number of hydroxylamine groups is 2. The molecular weight excluding hydrogens is 530 g/mol. The van der Waals surface area contributed by atoms with Crippen LogP contribution in [-0.2, 0) is 26.0 Å². The van der Waals surface area contributed by atoms with E-state index in [0.717, 1.165) is 47.7 Å². The third kappa shape index (κ3) is 8.87. The largest absolute Gasteiger partial charge is 0.489 e. The highest BCUT2D eigenvalue weighted by atomic mass is 32.2. The summed E-state index contributed by atoms with van der Waals surface area (Å²) in [5, 5.41) is 8.11. The van der Waals surface area contributed by atoms with Crippen LogP contribution in [0.25, 0.3) is 0 Å². The lowest BCUT2D eigenvalue weighted by Gasteiger charge is -2.29. The lowest BCUT2D eigenvalue weighted by Crippen LogP contribution is -2.29. The van der Waals surface area contributed by atoms with E-state index >= 15 is 0 Å². The van der Waals surface area contributed by atoms with Crippen LogP contribution >= 0.6 is 0 Å². The van der Waals surface area contributed by atoms with E-state index in [4.69, 9.17) is 14.3 Å². The van der Waals surface area contributed by atoms with Crippen molar-refractivity contribution in [3.05, 3.63) is 95.4 Å². The number of nitrogens with one attached hydrogen (secondary N) is 2. The van der Waals surface area contributed by atoms with Crippen molar-refractivity contribution in [3.63, 3.8) is 0 Å². The first-order valence-electron chi connectivity index (χ1n) is 13.1. The molecule has 11 heteroatoms. The minimum Gasteiger partial charge on any atom is -0.489 e. The number of allylic oxidation sites excluding steroid dienone is 1. The van der Waals surface area contributed by atoms with Gasteiger partial charge < -0.3 is 25.0 Å². The van der Waals surface area contributed by atoms with Crippen LogP contribution < -0.4 is 15.4 Å². The summed E-state index contributed by atoms with van der Waals surface area (Å²) in [6.45, 7) is 2.32. The second-order valence-electron chi connectivity index (χ2n) is 9.61. The Morgan fingerprint density at radius 3 is 2.52 bits per heavy atom. The molecule has 214 valence electrons. The summed E-state index contributed by atoms with van der Waals surface area (Å²) in [6.07, 6.45) is 8.29. The fraction of sp³-hybridized carbons (Fsp3) is 0.345. The minimum absolute atomic E-state index is 0.165. The summed E-state index contributed by atoms with van der Waals surface area (Å²) in [6, 6.07) is 17.8. The second kappa shape index (κ2) is 14.0. The molecule has 2 N–H and O–H groups in total. The number of hydrogen-bond acceptors (Lipinski definition) is 10. The maximum atomic E-state index is 11.4. The smallest absolute Gasteiger partial charge is 0.218 e. The highest BCUT2D eigenvalue weighted by Gasteiger charge is 2.23. The molecule has 0 saturated carbocycles. The zero-order valence-electron chi connectivity index (χ0n) is 23.2. The van der Waals surface area contributed by atoms with Gasteiger partial charge in [-0.15, -0.1) is 0 Å².